The quantitative estimate of drug-likeness (QED) is 0.543. The van der Waals surface area contributed by atoms with Crippen molar-refractivity contribution in [1.29, 1.82) is 0 Å². The molecule has 0 aliphatic carbocycles. The number of carbonyl (C=O) groups excluding carboxylic acids is 1. The van der Waals surface area contributed by atoms with Crippen LogP contribution in [0.3, 0.4) is 0 Å². The lowest BCUT2D eigenvalue weighted by Gasteiger charge is -2.15. The molecule has 0 radical (unpaired) electrons. The zero-order valence-electron chi connectivity index (χ0n) is 7.54. The Morgan fingerprint density at radius 2 is 2.33 bits per heavy atom. The van der Waals surface area contributed by atoms with Crippen LogP contribution in [0.2, 0.25) is 0 Å². The van der Waals surface area contributed by atoms with Gasteiger partial charge in [0, 0.05) is 27.2 Å². The lowest BCUT2D eigenvalue weighted by molar-refractivity contribution is 0.176. The smallest absolute Gasteiger partial charge is 0.317 e. The highest BCUT2D eigenvalue weighted by Crippen LogP contribution is 1.81. The third-order valence-corrected chi connectivity index (χ3v) is 1.36. The van der Waals surface area contributed by atoms with Gasteiger partial charge >= 0.3 is 6.03 Å². The van der Waals surface area contributed by atoms with Crippen molar-refractivity contribution in [2.45, 2.75) is 0 Å². The maximum Gasteiger partial charge on any atom is 0.317 e. The van der Waals surface area contributed by atoms with E-state index in [-0.39, 0.29) is 12.6 Å². The molecule has 0 aromatic heterocycles. The zero-order chi connectivity index (χ0) is 9.40. The molecule has 72 valence electrons. The van der Waals surface area contributed by atoms with Crippen molar-refractivity contribution in [2.75, 3.05) is 40.5 Å². The first-order chi connectivity index (χ1) is 5.72. The van der Waals surface area contributed by atoms with Gasteiger partial charge in [0.25, 0.3) is 0 Å². The van der Waals surface area contributed by atoms with Crippen LogP contribution in [0.25, 0.3) is 0 Å². The van der Waals surface area contributed by atoms with E-state index in [0.29, 0.717) is 19.7 Å². The van der Waals surface area contributed by atoms with E-state index in [9.17, 15) is 4.79 Å². The van der Waals surface area contributed by atoms with Crippen LogP contribution in [0.1, 0.15) is 0 Å². The number of likely N-dealkylation sites (N-methyl/N-ethyl adjacent to an activating group) is 1. The van der Waals surface area contributed by atoms with Crippen molar-refractivity contribution < 1.29 is 14.6 Å². The monoisotopic (exact) mass is 176 g/mol. The van der Waals surface area contributed by atoms with Crippen molar-refractivity contribution in [2.24, 2.45) is 0 Å². The number of amides is 2. The molecule has 2 N–H and O–H groups in total. The molecule has 0 aliphatic rings. The largest absolute Gasteiger partial charge is 0.395 e. The van der Waals surface area contributed by atoms with Crippen LogP contribution < -0.4 is 5.32 Å². The molecular weight excluding hydrogens is 160 g/mol. The molecule has 0 unspecified atom stereocenters. The van der Waals surface area contributed by atoms with Gasteiger partial charge in [-0.05, 0) is 0 Å². The molecule has 0 aliphatic heterocycles. The zero-order valence-corrected chi connectivity index (χ0v) is 7.54. The third-order valence-electron chi connectivity index (χ3n) is 1.36. The predicted molar refractivity (Wildman–Crippen MR) is 45.0 cm³/mol. The number of nitrogens with one attached hydrogen (secondary N) is 1. The van der Waals surface area contributed by atoms with E-state index in [1.54, 1.807) is 14.2 Å². The third kappa shape index (κ3) is 4.92. The van der Waals surface area contributed by atoms with E-state index in [1.807, 2.05) is 0 Å². The Kier molecular flexibility index (Phi) is 6.41. The van der Waals surface area contributed by atoms with Gasteiger partial charge in [0.15, 0.2) is 0 Å². The lowest BCUT2D eigenvalue weighted by Crippen LogP contribution is -2.40. The molecule has 12 heavy (non-hydrogen) atoms. The highest BCUT2D eigenvalue weighted by molar-refractivity contribution is 5.73. The summed E-state index contributed by atoms with van der Waals surface area (Å²) in [5, 5.41) is 11.1. The van der Waals surface area contributed by atoms with Crippen LogP contribution in [0.5, 0.6) is 0 Å². The minimum absolute atomic E-state index is 0.0196. The number of aliphatic hydroxyl groups excluding tert-OH is 1. The Balaban J connectivity index is 3.43. The number of hydrogen-bond acceptors (Lipinski definition) is 3. The molecule has 0 aromatic rings. The average molecular weight is 176 g/mol. The molecule has 0 spiro atoms. The number of carbonyl (C=O) groups is 1. The summed E-state index contributed by atoms with van der Waals surface area (Å²) in [6.07, 6.45) is 0. The van der Waals surface area contributed by atoms with Gasteiger partial charge in [-0.3, -0.25) is 0 Å². The summed E-state index contributed by atoms with van der Waals surface area (Å²) in [4.78, 5) is 12.5. The fourth-order valence-corrected chi connectivity index (χ4v) is 0.647. The SMILES string of the molecule is COCCNC(=O)N(C)CCO. The first-order valence-corrected chi connectivity index (χ1v) is 3.81. The van der Waals surface area contributed by atoms with Crippen LogP contribution in [0, 0.1) is 0 Å². The molecule has 5 nitrogen and oxygen atoms in total. The van der Waals surface area contributed by atoms with Crippen molar-refractivity contribution in [3.63, 3.8) is 0 Å². The average Bonchev–Trinajstić information content (AvgIpc) is 2.05. The maximum absolute atomic E-state index is 11.1. The summed E-state index contributed by atoms with van der Waals surface area (Å²) in [6, 6.07) is -0.193. The lowest BCUT2D eigenvalue weighted by atomic mass is 10.6. The minimum Gasteiger partial charge on any atom is -0.395 e. The molecule has 0 saturated heterocycles. The first-order valence-electron chi connectivity index (χ1n) is 3.81. The number of methoxy groups -OCH3 is 1. The highest BCUT2D eigenvalue weighted by Gasteiger charge is 2.04. The van der Waals surface area contributed by atoms with Gasteiger partial charge in [0.2, 0.25) is 0 Å². The van der Waals surface area contributed by atoms with E-state index >= 15 is 0 Å². The minimum atomic E-state index is -0.193. The summed E-state index contributed by atoms with van der Waals surface area (Å²) in [7, 11) is 3.20. The van der Waals surface area contributed by atoms with Crippen molar-refractivity contribution in [3.8, 4) is 0 Å². The molecule has 0 rings (SSSR count). The Bertz CT molecular complexity index is 130. The standard InChI is InChI=1S/C7H16N2O3/c1-9(4-5-10)7(11)8-3-6-12-2/h10H,3-6H2,1-2H3,(H,8,11). The molecule has 2 amide bonds. The van der Waals surface area contributed by atoms with Crippen molar-refractivity contribution in [3.05, 3.63) is 0 Å². The Hall–Kier alpha value is -0.810. The number of ether oxygens (including phenoxy) is 1. The Morgan fingerprint density at radius 3 is 2.83 bits per heavy atom. The van der Waals surface area contributed by atoms with Crippen LogP contribution in [0.15, 0.2) is 0 Å². The van der Waals surface area contributed by atoms with E-state index in [1.165, 1.54) is 4.90 Å². The second-order valence-electron chi connectivity index (χ2n) is 2.37. The number of nitrogens with zero attached hydrogens (tertiary/aromatic N) is 1. The summed E-state index contributed by atoms with van der Waals surface area (Å²) in [6.45, 7) is 1.32. The number of aliphatic hydroxyl groups is 1. The summed E-state index contributed by atoms with van der Waals surface area (Å²) >= 11 is 0. The Labute approximate surface area is 72.3 Å². The van der Waals surface area contributed by atoms with Crippen molar-refractivity contribution >= 4 is 6.03 Å². The van der Waals surface area contributed by atoms with Gasteiger partial charge in [-0.25, -0.2) is 4.79 Å². The van der Waals surface area contributed by atoms with Gasteiger partial charge in [0.1, 0.15) is 0 Å². The Morgan fingerprint density at radius 1 is 1.67 bits per heavy atom. The van der Waals surface area contributed by atoms with Gasteiger partial charge < -0.3 is 20.1 Å². The fourth-order valence-electron chi connectivity index (χ4n) is 0.647. The van der Waals surface area contributed by atoms with E-state index in [0.717, 1.165) is 0 Å². The molecule has 5 heteroatoms. The van der Waals surface area contributed by atoms with Gasteiger partial charge in [0.05, 0.1) is 13.2 Å². The molecule has 0 heterocycles. The normalized spacial score (nSPS) is 9.58. The molecule has 0 aromatic carbocycles. The number of urea groups is 1. The van der Waals surface area contributed by atoms with E-state index < -0.39 is 0 Å². The first kappa shape index (κ1) is 11.2. The number of hydrogen-bond donors (Lipinski definition) is 2. The summed E-state index contributed by atoms with van der Waals surface area (Å²) in [5.41, 5.74) is 0. The maximum atomic E-state index is 11.1. The van der Waals surface area contributed by atoms with Crippen molar-refractivity contribution in [1.82, 2.24) is 10.2 Å². The van der Waals surface area contributed by atoms with Crippen LogP contribution in [-0.2, 0) is 4.74 Å². The van der Waals surface area contributed by atoms with Gasteiger partial charge in [-0.15, -0.1) is 0 Å². The summed E-state index contributed by atoms with van der Waals surface area (Å²) in [5.74, 6) is 0. The number of rotatable bonds is 5. The van der Waals surface area contributed by atoms with Crippen LogP contribution >= 0.6 is 0 Å². The van der Waals surface area contributed by atoms with Gasteiger partial charge in [-0.2, -0.15) is 0 Å². The molecule has 0 fully saturated rings. The van der Waals surface area contributed by atoms with Crippen LogP contribution in [-0.4, -0.2) is 56.5 Å². The summed E-state index contributed by atoms with van der Waals surface area (Å²) < 4.78 is 4.75. The molecule has 0 saturated carbocycles. The fraction of sp³-hybridized carbons (Fsp3) is 0.857. The van der Waals surface area contributed by atoms with Gasteiger partial charge in [-0.1, -0.05) is 0 Å². The van der Waals surface area contributed by atoms with E-state index in [2.05, 4.69) is 5.32 Å². The topological polar surface area (TPSA) is 61.8 Å². The second kappa shape index (κ2) is 6.87. The molecule has 0 atom stereocenters. The second-order valence-corrected chi connectivity index (χ2v) is 2.37. The van der Waals surface area contributed by atoms with Crippen LogP contribution in [0.4, 0.5) is 4.79 Å². The molecular formula is C7H16N2O3. The molecule has 0 bridgehead atoms. The highest BCUT2D eigenvalue weighted by atomic mass is 16.5. The predicted octanol–water partition coefficient (Wildman–Crippen LogP) is -0.733. The van der Waals surface area contributed by atoms with E-state index in [4.69, 9.17) is 9.84 Å².